The van der Waals surface area contributed by atoms with E-state index in [4.69, 9.17) is 14.3 Å². The Balaban J connectivity index is 1.64. The Kier molecular flexibility index (Phi) is 4.70. The third-order valence-corrected chi connectivity index (χ3v) is 3.47. The number of anilines is 1. The molecule has 3 aromatic rings. The highest BCUT2D eigenvalue weighted by Crippen LogP contribution is 2.18. The maximum absolute atomic E-state index is 12.8. The molecule has 0 aliphatic carbocycles. The van der Waals surface area contributed by atoms with Gasteiger partial charge >= 0.3 is 5.97 Å². The number of carboxylic acids is 1. The zero-order valence-corrected chi connectivity index (χ0v) is 13.6. The number of aryl methyl sites for hydroxylation is 1. The Morgan fingerprint density at radius 2 is 2.00 bits per heavy atom. The minimum Gasteiger partial charge on any atom is -0.486 e. The van der Waals surface area contributed by atoms with Crippen LogP contribution in [0.15, 0.2) is 47.0 Å². The van der Waals surface area contributed by atoms with Crippen molar-refractivity contribution in [1.82, 2.24) is 9.78 Å². The molecule has 1 amide bonds. The van der Waals surface area contributed by atoms with Crippen LogP contribution in [0.4, 0.5) is 10.1 Å². The lowest BCUT2D eigenvalue weighted by Gasteiger charge is -2.04. The van der Waals surface area contributed by atoms with E-state index in [1.54, 1.807) is 6.07 Å². The summed E-state index contributed by atoms with van der Waals surface area (Å²) in [5.41, 5.74) is -0.0877. The summed E-state index contributed by atoms with van der Waals surface area (Å²) in [6.45, 7) is 0.0478. The number of benzene rings is 1. The molecule has 9 heteroatoms. The van der Waals surface area contributed by atoms with E-state index < -0.39 is 11.9 Å². The fourth-order valence-electron chi connectivity index (χ4n) is 2.23. The lowest BCUT2D eigenvalue weighted by molar-refractivity contribution is 0.0686. The van der Waals surface area contributed by atoms with Gasteiger partial charge in [-0.25, -0.2) is 9.18 Å². The maximum Gasteiger partial charge on any atom is 0.356 e. The van der Waals surface area contributed by atoms with Crippen molar-refractivity contribution in [3.8, 4) is 5.75 Å². The Morgan fingerprint density at radius 1 is 1.27 bits per heavy atom. The van der Waals surface area contributed by atoms with Crippen molar-refractivity contribution >= 4 is 17.6 Å². The number of halogens is 1. The predicted molar refractivity (Wildman–Crippen MR) is 87.6 cm³/mol. The van der Waals surface area contributed by atoms with E-state index >= 15 is 0 Å². The molecule has 8 nitrogen and oxygen atoms in total. The second-order valence-electron chi connectivity index (χ2n) is 5.30. The van der Waals surface area contributed by atoms with Crippen LogP contribution in [-0.2, 0) is 13.7 Å². The second-order valence-corrected chi connectivity index (χ2v) is 5.30. The van der Waals surface area contributed by atoms with Crippen molar-refractivity contribution in [2.75, 3.05) is 5.32 Å². The largest absolute Gasteiger partial charge is 0.486 e. The Hall–Kier alpha value is -3.62. The van der Waals surface area contributed by atoms with Crippen molar-refractivity contribution < 1.29 is 28.2 Å². The van der Waals surface area contributed by atoms with Crippen LogP contribution in [0.25, 0.3) is 0 Å². The van der Waals surface area contributed by atoms with Crippen LogP contribution < -0.4 is 10.1 Å². The van der Waals surface area contributed by atoms with Gasteiger partial charge < -0.3 is 19.6 Å². The van der Waals surface area contributed by atoms with Crippen molar-refractivity contribution in [2.45, 2.75) is 6.61 Å². The summed E-state index contributed by atoms with van der Waals surface area (Å²) in [6, 6.07) is 8.48. The standard InChI is InChI=1S/C17H14FN3O5/c1-21-15(17(23)24)13(8-19-21)20-16(22)14-7-6-12(26-14)9-25-11-4-2-10(18)3-5-11/h2-8H,9H2,1H3,(H,20,22)(H,23,24). The Morgan fingerprint density at radius 3 is 2.69 bits per heavy atom. The number of aromatic nitrogens is 2. The van der Waals surface area contributed by atoms with Crippen LogP contribution in [0.2, 0.25) is 0 Å². The number of carboxylic acid groups (broad SMARTS) is 1. The number of hydrogen-bond donors (Lipinski definition) is 2. The first-order chi connectivity index (χ1) is 12.4. The molecule has 2 heterocycles. The van der Waals surface area contributed by atoms with Gasteiger partial charge in [-0.1, -0.05) is 0 Å². The molecule has 134 valence electrons. The van der Waals surface area contributed by atoms with Gasteiger partial charge in [-0.3, -0.25) is 9.48 Å². The van der Waals surface area contributed by atoms with E-state index in [9.17, 15) is 14.0 Å². The quantitative estimate of drug-likeness (QED) is 0.701. The maximum atomic E-state index is 12.8. The summed E-state index contributed by atoms with van der Waals surface area (Å²) < 4.78 is 24.8. The number of ether oxygens (including phenoxy) is 1. The van der Waals surface area contributed by atoms with E-state index in [0.29, 0.717) is 11.5 Å². The summed E-state index contributed by atoms with van der Waals surface area (Å²) in [4.78, 5) is 23.4. The summed E-state index contributed by atoms with van der Waals surface area (Å²) >= 11 is 0. The van der Waals surface area contributed by atoms with Gasteiger partial charge in [-0.2, -0.15) is 5.10 Å². The number of nitrogens with zero attached hydrogens (tertiary/aromatic N) is 2. The molecular weight excluding hydrogens is 345 g/mol. The number of amides is 1. The summed E-state index contributed by atoms with van der Waals surface area (Å²) in [5, 5.41) is 15.4. The highest BCUT2D eigenvalue weighted by Gasteiger charge is 2.20. The number of nitrogens with one attached hydrogen (secondary N) is 1. The highest BCUT2D eigenvalue weighted by molar-refractivity contribution is 6.05. The van der Waals surface area contributed by atoms with Gasteiger partial charge in [0.1, 0.15) is 23.9 Å². The van der Waals surface area contributed by atoms with E-state index in [2.05, 4.69) is 10.4 Å². The summed E-state index contributed by atoms with van der Waals surface area (Å²) in [6.07, 6.45) is 1.24. The fourth-order valence-corrected chi connectivity index (χ4v) is 2.23. The van der Waals surface area contributed by atoms with Crippen molar-refractivity contribution in [1.29, 1.82) is 0 Å². The molecule has 26 heavy (non-hydrogen) atoms. The average Bonchev–Trinajstić information content (AvgIpc) is 3.21. The number of carbonyl (C=O) groups is 2. The molecule has 0 aliphatic rings. The second kappa shape index (κ2) is 7.09. The summed E-state index contributed by atoms with van der Waals surface area (Å²) in [5.74, 6) is -1.38. The molecule has 0 spiro atoms. The van der Waals surface area contributed by atoms with Gasteiger partial charge in [0.25, 0.3) is 5.91 Å². The molecule has 0 bridgehead atoms. The monoisotopic (exact) mass is 359 g/mol. The number of hydrogen-bond acceptors (Lipinski definition) is 5. The van der Waals surface area contributed by atoms with Crippen molar-refractivity contribution in [2.24, 2.45) is 7.05 Å². The van der Waals surface area contributed by atoms with Crippen LogP contribution >= 0.6 is 0 Å². The van der Waals surface area contributed by atoms with Crippen LogP contribution in [-0.4, -0.2) is 26.8 Å². The topological polar surface area (TPSA) is 107 Å². The molecule has 1 aromatic carbocycles. The third kappa shape index (κ3) is 3.72. The zero-order valence-electron chi connectivity index (χ0n) is 13.6. The normalized spacial score (nSPS) is 10.5. The number of furan rings is 1. The van der Waals surface area contributed by atoms with E-state index in [0.717, 1.165) is 4.68 Å². The predicted octanol–water partition coefficient (Wildman–Crippen LogP) is 2.68. The Labute approximate surface area is 146 Å². The SMILES string of the molecule is Cn1ncc(NC(=O)c2ccc(COc3ccc(F)cc3)o2)c1C(=O)O. The molecule has 0 saturated carbocycles. The lowest BCUT2D eigenvalue weighted by atomic mass is 10.3. The van der Waals surface area contributed by atoms with Crippen LogP contribution in [0.3, 0.4) is 0 Å². The van der Waals surface area contributed by atoms with Crippen LogP contribution in [0.1, 0.15) is 26.8 Å². The van der Waals surface area contributed by atoms with Crippen LogP contribution in [0, 0.1) is 5.82 Å². The molecule has 0 radical (unpaired) electrons. The minimum atomic E-state index is -1.21. The van der Waals surface area contributed by atoms with E-state index in [-0.39, 0.29) is 29.6 Å². The number of aromatic carboxylic acids is 1. The first-order valence-electron chi connectivity index (χ1n) is 7.48. The smallest absolute Gasteiger partial charge is 0.356 e. The molecule has 3 rings (SSSR count). The van der Waals surface area contributed by atoms with Gasteiger partial charge in [0.05, 0.1) is 11.9 Å². The Bertz CT molecular complexity index is 946. The molecule has 0 aliphatic heterocycles. The minimum absolute atomic E-state index is 0.0112. The first kappa shape index (κ1) is 17.2. The van der Waals surface area contributed by atoms with E-state index in [1.807, 2.05) is 0 Å². The molecule has 0 saturated heterocycles. The van der Waals surface area contributed by atoms with Gasteiger partial charge in [0.2, 0.25) is 0 Å². The molecule has 2 aromatic heterocycles. The summed E-state index contributed by atoms with van der Waals surface area (Å²) in [7, 11) is 1.46. The third-order valence-electron chi connectivity index (χ3n) is 3.47. The molecule has 0 atom stereocenters. The lowest BCUT2D eigenvalue weighted by Crippen LogP contribution is -2.15. The molecule has 0 fully saturated rings. The molecular formula is C17H14FN3O5. The average molecular weight is 359 g/mol. The van der Waals surface area contributed by atoms with Gasteiger partial charge in [-0.05, 0) is 36.4 Å². The number of rotatable bonds is 6. The number of carbonyl (C=O) groups excluding carboxylic acids is 1. The van der Waals surface area contributed by atoms with Crippen molar-refractivity contribution in [3.05, 3.63) is 65.6 Å². The highest BCUT2D eigenvalue weighted by atomic mass is 19.1. The fraction of sp³-hybridized carbons (Fsp3) is 0.118. The molecule has 2 N–H and O–H groups in total. The zero-order chi connectivity index (χ0) is 18.7. The molecule has 0 unspecified atom stereocenters. The van der Waals surface area contributed by atoms with Gasteiger partial charge in [0.15, 0.2) is 11.5 Å². The van der Waals surface area contributed by atoms with Crippen molar-refractivity contribution in [3.63, 3.8) is 0 Å². The van der Waals surface area contributed by atoms with Gasteiger partial charge in [0, 0.05) is 7.05 Å². The first-order valence-corrected chi connectivity index (χ1v) is 7.48. The van der Waals surface area contributed by atoms with Crippen LogP contribution in [0.5, 0.6) is 5.75 Å². The van der Waals surface area contributed by atoms with E-state index in [1.165, 1.54) is 43.6 Å². The van der Waals surface area contributed by atoms with Gasteiger partial charge in [-0.15, -0.1) is 0 Å².